The molecule has 1 unspecified atom stereocenters. The van der Waals surface area contributed by atoms with Crippen molar-refractivity contribution in [2.75, 3.05) is 6.54 Å². The zero-order chi connectivity index (χ0) is 8.39. The number of hydrogen-bond donors (Lipinski definition) is 1. The Bertz CT molecular complexity index is 301. The van der Waals surface area contributed by atoms with Gasteiger partial charge in [-0.1, -0.05) is 18.2 Å². The number of phenols is 1. The summed E-state index contributed by atoms with van der Waals surface area (Å²) in [5, 5.41) is 9.44. The number of hydrogen-bond acceptors (Lipinski definition) is 3. The first-order valence-electron chi connectivity index (χ1n) is 3.79. The minimum absolute atomic E-state index is 0.105. The lowest BCUT2D eigenvalue weighted by Gasteiger charge is -2.09. The quantitative estimate of drug-likeness (QED) is 0.681. The predicted molar refractivity (Wildman–Crippen MR) is 45.3 cm³/mol. The number of nitrogens with zero attached hydrogens (tertiary/aromatic N) is 1. The summed E-state index contributed by atoms with van der Waals surface area (Å²) in [5.74, 6) is 0.271. The van der Waals surface area contributed by atoms with Gasteiger partial charge in [-0.15, -0.1) is 0 Å². The fourth-order valence-corrected chi connectivity index (χ4v) is 1.23. The Kier molecular flexibility index (Phi) is 1.70. The standard InChI is InChI=1S/C9H9NO2/c11-8-4-2-1-3-7(8)9-5-10-6-12-9/h1-4,6,9,11H,5H2. The molecule has 62 valence electrons. The molecule has 1 aliphatic rings. The highest BCUT2D eigenvalue weighted by Crippen LogP contribution is 2.27. The van der Waals surface area contributed by atoms with Crippen molar-refractivity contribution in [2.45, 2.75) is 6.10 Å². The summed E-state index contributed by atoms with van der Waals surface area (Å²) in [7, 11) is 0. The van der Waals surface area contributed by atoms with Crippen LogP contribution in [0.1, 0.15) is 11.7 Å². The number of aliphatic imine (C=N–C) groups is 1. The molecular formula is C9H9NO2. The van der Waals surface area contributed by atoms with Crippen LogP contribution in [0.3, 0.4) is 0 Å². The average molecular weight is 163 g/mol. The zero-order valence-corrected chi connectivity index (χ0v) is 6.47. The largest absolute Gasteiger partial charge is 0.508 e. The molecule has 3 heteroatoms. The summed E-state index contributed by atoms with van der Waals surface area (Å²) >= 11 is 0. The molecule has 0 radical (unpaired) electrons. The Morgan fingerprint density at radius 2 is 2.25 bits per heavy atom. The lowest BCUT2D eigenvalue weighted by Crippen LogP contribution is -2.00. The topological polar surface area (TPSA) is 41.8 Å². The first-order valence-corrected chi connectivity index (χ1v) is 3.79. The molecule has 1 aliphatic heterocycles. The summed E-state index contributed by atoms with van der Waals surface area (Å²) in [6, 6.07) is 7.15. The Morgan fingerprint density at radius 1 is 1.42 bits per heavy atom. The molecule has 1 N–H and O–H groups in total. The van der Waals surface area contributed by atoms with Gasteiger partial charge in [0.1, 0.15) is 11.9 Å². The monoisotopic (exact) mass is 163 g/mol. The number of aromatic hydroxyl groups is 1. The Hall–Kier alpha value is -1.51. The van der Waals surface area contributed by atoms with Crippen LogP contribution in [0.4, 0.5) is 0 Å². The van der Waals surface area contributed by atoms with Crippen LogP contribution in [0.2, 0.25) is 0 Å². The van der Waals surface area contributed by atoms with E-state index in [2.05, 4.69) is 4.99 Å². The summed E-state index contributed by atoms with van der Waals surface area (Å²) in [4.78, 5) is 3.92. The highest BCUT2D eigenvalue weighted by molar-refractivity contribution is 5.51. The van der Waals surface area contributed by atoms with Gasteiger partial charge in [-0.25, -0.2) is 0 Å². The smallest absolute Gasteiger partial charge is 0.170 e. The average Bonchev–Trinajstić information content (AvgIpc) is 2.57. The van der Waals surface area contributed by atoms with Gasteiger partial charge in [0.05, 0.1) is 6.54 Å². The van der Waals surface area contributed by atoms with Gasteiger partial charge in [0.15, 0.2) is 6.40 Å². The molecular weight excluding hydrogens is 154 g/mol. The maximum Gasteiger partial charge on any atom is 0.170 e. The summed E-state index contributed by atoms with van der Waals surface area (Å²) < 4.78 is 5.17. The van der Waals surface area contributed by atoms with E-state index in [1.54, 1.807) is 12.1 Å². The molecule has 1 aromatic carbocycles. The number of para-hydroxylation sites is 1. The predicted octanol–water partition coefficient (Wildman–Crippen LogP) is 1.49. The number of benzene rings is 1. The molecule has 0 bridgehead atoms. The van der Waals surface area contributed by atoms with Crippen molar-refractivity contribution in [1.82, 2.24) is 0 Å². The van der Waals surface area contributed by atoms with Gasteiger partial charge in [0, 0.05) is 5.56 Å². The molecule has 0 spiro atoms. The second kappa shape index (κ2) is 2.85. The third kappa shape index (κ3) is 1.13. The van der Waals surface area contributed by atoms with Crippen LogP contribution >= 0.6 is 0 Å². The van der Waals surface area contributed by atoms with Crippen molar-refractivity contribution in [3.63, 3.8) is 0 Å². The third-order valence-electron chi connectivity index (χ3n) is 1.85. The van der Waals surface area contributed by atoms with Crippen molar-refractivity contribution in [3.05, 3.63) is 29.8 Å². The van der Waals surface area contributed by atoms with Gasteiger partial charge in [-0.2, -0.15) is 0 Å². The minimum Gasteiger partial charge on any atom is -0.508 e. The third-order valence-corrected chi connectivity index (χ3v) is 1.85. The minimum atomic E-state index is -0.105. The molecule has 0 aromatic heterocycles. The van der Waals surface area contributed by atoms with Gasteiger partial charge in [-0.05, 0) is 6.07 Å². The first-order chi connectivity index (χ1) is 5.88. The van der Waals surface area contributed by atoms with Gasteiger partial charge in [0.2, 0.25) is 0 Å². The van der Waals surface area contributed by atoms with Crippen molar-refractivity contribution in [1.29, 1.82) is 0 Å². The Morgan fingerprint density at radius 3 is 2.92 bits per heavy atom. The highest BCUT2D eigenvalue weighted by atomic mass is 16.5. The Balaban J connectivity index is 2.27. The number of rotatable bonds is 1. The molecule has 0 saturated carbocycles. The van der Waals surface area contributed by atoms with Gasteiger partial charge in [0.25, 0.3) is 0 Å². The van der Waals surface area contributed by atoms with Crippen LogP contribution in [0, 0.1) is 0 Å². The summed E-state index contributed by atoms with van der Waals surface area (Å²) in [6.07, 6.45) is 1.32. The fraction of sp³-hybridized carbons (Fsp3) is 0.222. The molecule has 0 saturated heterocycles. The SMILES string of the molecule is Oc1ccccc1C1CN=CO1. The molecule has 1 heterocycles. The van der Waals surface area contributed by atoms with Gasteiger partial charge in [-0.3, -0.25) is 4.99 Å². The van der Waals surface area contributed by atoms with E-state index in [9.17, 15) is 5.11 Å². The van der Waals surface area contributed by atoms with Crippen LogP contribution in [0.15, 0.2) is 29.3 Å². The first kappa shape index (κ1) is 7.16. The van der Waals surface area contributed by atoms with Gasteiger partial charge >= 0.3 is 0 Å². The highest BCUT2D eigenvalue weighted by Gasteiger charge is 2.17. The van der Waals surface area contributed by atoms with Crippen LogP contribution < -0.4 is 0 Å². The van der Waals surface area contributed by atoms with Crippen molar-refractivity contribution < 1.29 is 9.84 Å². The number of ether oxygens (including phenoxy) is 1. The van der Waals surface area contributed by atoms with E-state index in [1.807, 2.05) is 12.1 Å². The van der Waals surface area contributed by atoms with E-state index in [1.165, 1.54) is 6.40 Å². The molecule has 0 aliphatic carbocycles. The van der Waals surface area contributed by atoms with Crippen LogP contribution in [-0.2, 0) is 4.74 Å². The van der Waals surface area contributed by atoms with Crippen LogP contribution in [0.25, 0.3) is 0 Å². The molecule has 0 fully saturated rings. The molecule has 12 heavy (non-hydrogen) atoms. The summed E-state index contributed by atoms with van der Waals surface area (Å²) in [6.45, 7) is 0.595. The lowest BCUT2D eigenvalue weighted by molar-refractivity contribution is 0.234. The van der Waals surface area contributed by atoms with Crippen LogP contribution in [-0.4, -0.2) is 18.1 Å². The van der Waals surface area contributed by atoms with E-state index < -0.39 is 0 Å². The normalized spacial score (nSPS) is 20.8. The lowest BCUT2D eigenvalue weighted by atomic mass is 10.1. The number of phenolic OH excluding ortho intramolecular Hbond substituents is 1. The maximum atomic E-state index is 9.44. The van der Waals surface area contributed by atoms with Crippen molar-refractivity contribution in [3.8, 4) is 5.75 Å². The van der Waals surface area contributed by atoms with E-state index in [0.717, 1.165) is 5.56 Å². The Labute approximate surface area is 70.3 Å². The fourth-order valence-electron chi connectivity index (χ4n) is 1.23. The molecule has 1 aromatic rings. The van der Waals surface area contributed by atoms with E-state index >= 15 is 0 Å². The molecule has 2 rings (SSSR count). The zero-order valence-electron chi connectivity index (χ0n) is 6.47. The van der Waals surface area contributed by atoms with Crippen molar-refractivity contribution >= 4 is 6.40 Å². The summed E-state index contributed by atoms with van der Waals surface area (Å²) in [5.41, 5.74) is 0.801. The second-order valence-corrected chi connectivity index (χ2v) is 2.65. The molecule has 3 nitrogen and oxygen atoms in total. The van der Waals surface area contributed by atoms with E-state index in [-0.39, 0.29) is 11.9 Å². The van der Waals surface area contributed by atoms with Gasteiger partial charge < -0.3 is 9.84 Å². The van der Waals surface area contributed by atoms with Crippen molar-refractivity contribution in [2.24, 2.45) is 4.99 Å². The molecule has 1 atom stereocenters. The molecule has 0 amide bonds. The maximum absolute atomic E-state index is 9.44. The van der Waals surface area contributed by atoms with Crippen LogP contribution in [0.5, 0.6) is 5.75 Å². The van der Waals surface area contributed by atoms with E-state index in [0.29, 0.717) is 6.54 Å². The van der Waals surface area contributed by atoms with E-state index in [4.69, 9.17) is 4.74 Å². The second-order valence-electron chi connectivity index (χ2n) is 2.65.